The van der Waals surface area contributed by atoms with Gasteiger partial charge in [-0.05, 0) is 17.7 Å². The van der Waals surface area contributed by atoms with Crippen LogP contribution in [0.4, 0.5) is 13.6 Å². The van der Waals surface area contributed by atoms with E-state index in [1.807, 2.05) is 0 Å². The summed E-state index contributed by atoms with van der Waals surface area (Å²) in [7, 11) is 3.30. The van der Waals surface area contributed by atoms with Crippen molar-refractivity contribution in [1.82, 2.24) is 15.5 Å². The average Bonchev–Trinajstić information content (AvgIpc) is 2.26. The SMILES string of the molecule is CN(C)C(=O)NCCNCc1cc(F)cc(F)c1. The normalized spacial score (nSPS) is 10.2. The molecule has 0 fully saturated rings. The first kappa shape index (κ1) is 14.4. The zero-order chi connectivity index (χ0) is 13.5. The van der Waals surface area contributed by atoms with Gasteiger partial charge in [-0.2, -0.15) is 0 Å². The lowest BCUT2D eigenvalue weighted by Gasteiger charge is -2.12. The third kappa shape index (κ3) is 5.09. The van der Waals surface area contributed by atoms with E-state index >= 15 is 0 Å². The summed E-state index contributed by atoms with van der Waals surface area (Å²) < 4.78 is 25.7. The van der Waals surface area contributed by atoms with Crippen molar-refractivity contribution in [3.8, 4) is 0 Å². The molecule has 18 heavy (non-hydrogen) atoms. The van der Waals surface area contributed by atoms with Crippen molar-refractivity contribution in [3.63, 3.8) is 0 Å². The minimum absolute atomic E-state index is 0.173. The minimum atomic E-state index is -0.590. The second-order valence-electron chi connectivity index (χ2n) is 4.08. The molecule has 2 amide bonds. The van der Waals surface area contributed by atoms with Crippen LogP contribution in [-0.4, -0.2) is 38.1 Å². The van der Waals surface area contributed by atoms with Crippen molar-refractivity contribution in [3.05, 3.63) is 35.4 Å². The smallest absolute Gasteiger partial charge is 0.316 e. The molecule has 0 heterocycles. The Kier molecular flexibility index (Phi) is 5.51. The fourth-order valence-corrected chi connectivity index (χ4v) is 1.36. The maximum absolute atomic E-state index is 12.9. The van der Waals surface area contributed by atoms with E-state index in [1.54, 1.807) is 14.1 Å². The van der Waals surface area contributed by atoms with Gasteiger partial charge in [0.25, 0.3) is 0 Å². The van der Waals surface area contributed by atoms with Crippen molar-refractivity contribution in [2.45, 2.75) is 6.54 Å². The van der Waals surface area contributed by atoms with Gasteiger partial charge in [-0.1, -0.05) is 0 Å². The number of nitrogens with zero attached hydrogens (tertiary/aromatic N) is 1. The van der Waals surface area contributed by atoms with Crippen LogP contribution in [-0.2, 0) is 6.54 Å². The first-order chi connectivity index (χ1) is 8.49. The summed E-state index contributed by atoms with van der Waals surface area (Å²) in [6.07, 6.45) is 0. The molecule has 100 valence electrons. The van der Waals surface area contributed by atoms with Gasteiger partial charge in [0, 0.05) is 39.8 Å². The van der Waals surface area contributed by atoms with Crippen LogP contribution in [0.1, 0.15) is 5.56 Å². The van der Waals surface area contributed by atoms with Gasteiger partial charge in [-0.25, -0.2) is 13.6 Å². The Bertz CT molecular complexity index is 390. The number of urea groups is 1. The molecule has 1 aromatic rings. The molecule has 0 spiro atoms. The molecule has 1 rings (SSSR count). The molecule has 1 aromatic carbocycles. The number of carbonyl (C=O) groups is 1. The van der Waals surface area contributed by atoms with E-state index in [0.29, 0.717) is 25.2 Å². The second kappa shape index (κ2) is 6.90. The lowest BCUT2D eigenvalue weighted by atomic mass is 10.2. The van der Waals surface area contributed by atoms with Crippen LogP contribution < -0.4 is 10.6 Å². The fraction of sp³-hybridized carbons (Fsp3) is 0.417. The first-order valence-corrected chi connectivity index (χ1v) is 5.60. The van der Waals surface area contributed by atoms with Crippen molar-refractivity contribution in [1.29, 1.82) is 0 Å². The highest BCUT2D eigenvalue weighted by Gasteiger charge is 2.02. The molecule has 0 aliphatic rings. The summed E-state index contributed by atoms with van der Waals surface area (Å²) >= 11 is 0. The summed E-state index contributed by atoms with van der Waals surface area (Å²) in [4.78, 5) is 12.6. The van der Waals surface area contributed by atoms with Gasteiger partial charge >= 0.3 is 6.03 Å². The Morgan fingerprint density at radius 1 is 1.17 bits per heavy atom. The van der Waals surface area contributed by atoms with Crippen LogP contribution in [0.15, 0.2) is 18.2 Å². The van der Waals surface area contributed by atoms with Gasteiger partial charge in [0.2, 0.25) is 0 Å². The van der Waals surface area contributed by atoms with Crippen molar-refractivity contribution < 1.29 is 13.6 Å². The molecule has 0 aliphatic carbocycles. The number of amides is 2. The standard InChI is InChI=1S/C12H17F2N3O/c1-17(2)12(18)16-4-3-15-8-9-5-10(13)7-11(14)6-9/h5-7,15H,3-4,8H2,1-2H3,(H,16,18). The molecule has 0 unspecified atom stereocenters. The van der Waals surface area contributed by atoms with E-state index < -0.39 is 11.6 Å². The number of benzene rings is 1. The second-order valence-corrected chi connectivity index (χ2v) is 4.08. The van der Waals surface area contributed by atoms with E-state index in [4.69, 9.17) is 0 Å². The van der Waals surface area contributed by atoms with E-state index in [9.17, 15) is 13.6 Å². The zero-order valence-corrected chi connectivity index (χ0v) is 10.5. The van der Waals surface area contributed by atoms with Crippen LogP contribution in [0, 0.1) is 11.6 Å². The highest BCUT2D eigenvalue weighted by Crippen LogP contribution is 2.07. The van der Waals surface area contributed by atoms with Crippen molar-refractivity contribution in [2.75, 3.05) is 27.2 Å². The van der Waals surface area contributed by atoms with E-state index in [2.05, 4.69) is 10.6 Å². The number of nitrogens with one attached hydrogen (secondary N) is 2. The number of carbonyl (C=O) groups excluding carboxylic acids is 1. The summed E-state index contributed by atoms with van der Waals surface area (Å²) in [5, 5.41) is 5.65. The average molecular weight is 257 g/mol. The van der Waals surface area contributed by atoms with Gasteiger partial charge in [-0.3, -0.25) is 0 Å². The van der Waals surface area contributed by atoms with Crippen LogP contribution in [0.3, 0.4) is 0 Å². The van der Waals surface area contributed by atoms with Crippen LogP contribution in [0.25, 0.3) is 0 Å². The molecule has 4 nitrogen and oxygen atoms in total. The van der Waals surface area contributed by atoms with Crippen molar-refractivity contribution >= 4 is 6.03 Å². The Morgan fingerprint density at radius 2 is 1.78 bits per heavy atom. The number of halogens is 2. The number of hydrogen-bond acceptors (Lipinski definition) is 2. The van der Waals surface area contributed by atoms with Crippen LogP contribution in [0.2, 0.25) is 0 Å². The molecule has 0 aromatic heterocycles. The third-order valence-corrected chi connectivity index (χ3v) is 2.24. The molecule has 6 heteroatoms. The van der Waals surface area contributed by atoms with E-state index in [-0.39, 0.29) is 6.03 Å². The highest BCUT2D eigenvalue weighted by molar-refractivity contribution is 5.73. The molecule has 0 atom stereocenters. The summed E-state index contributed by atoms with van der Waals surface area (Å²) in [6, 6.07) is 3.21. The molecule has 0 bridgehead atoms. The van der Waals surface area contributed by atoms with E-state index in [1.165, 1.54) is 17.0 Å². The minimum Gasteiger partial charge on any atom is -0.337 e. The fourth-order valence-electron chi connectivity index (χ4n) is 1.36. The van der Waals surface area contributed by atoms with E-state index in [0.717, 1.165) is 6.07 Å². The Balaban J connectivity index is 2.24. The summed E-state index contributed by atoms with van der Waals surface area (Å²) in [6.45, 7) is 1.33. The van der Waals surface area contributed by atoms with Gasteiger partial charge in [0.05, 0.1) is 0 Å². The maximum atomic E-state index is 12.9. The number of hydrogen-bond donors (Lipinski definition) is 2. The van der Waals surface area contributed by atoms with Crippen LogP contribution in [0.5, 0.6) is 0 Å². The molecular weight excluding hydrogens is 240 g/mol. The molecule has 0 saturated carbocycles. The lowest BCUT2D eigenvalue weighted by molar-refractivity contribution is 0.217. The zero-order valence-electron chi connectivity index (χ0n) is 10.5. The Hall–Kier alpha value is -1.69. The van der Waals surface area contributed by atoms with Gasteiger partial charge in [0.15, 0.2) is 0 Å². The molecule has 2 N–H and O–H groups in total. The monoisotopic (exact) mass is 257 g/mol. The highest BCUT2D eigenvalue weighted by atomic mass is 19.1. The first-order valence-electron chi connectivity index (χ1n) is 5.60. The third-order valence-electron chi connectivity index (χ3n) is 2.24. The quantitative estimate of drug-likeness (QED) is 0.781. The lowest BCUT2D eigenvalue weighted by Crippen LogP contribution is -2.38. The van der Waals surface area contributed by atoms with Gasteiger partial charge in [0.1, 0.15) is 11.6 Å². The topological polar surface area (TPSA) is 44.4 Å². The molecule has 0 saturated heterocycles. The molecular formula is C12H17F2N3O. The summed E-state index contributed by atoms with van der Waals surface area (Å²) in [5.41, 5.74) is 0.534. The Labute approximate surface area is 105 Å². The summed E-state index contributed by atoms with van der Waals surface area (Å²) in [5.74, 6) is -1.18. The van der Waals surface area contributed by atoms with Gasteiger partial charge < -0.3 is 15.5 Å². The Morgan fingerprint density at radius 3 is 2.33 bits per heavy atom. The molecule has 0 radical (unpaired) electrons. The van der Waals surface area contributed by atoms with Crippen molar-refractivity contribution in [2.24, 2.45) is 0 Å². The number of rotatable bonds is 5. The maximum Gasteiger partial charge on any atom is 0.316 e. The van der Waals surface area contributed by atoms with Gasteiger partial charge in [-0.15, -0.1) is 0 Å². The largest absolute Gasteiger partial charge is 0.337 e. The predicted molar refractivity (Wildman–Crippen MR) is 65.2 cm³/mol. The predicted octanol–water partition coefficient (Wildman–Crippen LogP) is 1.33. The van der Waals surface area contributed by atoms with Crippen LogP contribution >= 0.6 is 0 Å². The molecule has 0 aliphatic heterocycles.